The number of esters is 1. The minimum Gasteiger partial charge on any atom is -0.465 e. The monoisotopic (exact) mass is 282 g/mol. The summed E-state index contributed by atoms with van der Waals surface area (Å²) in [5, 5.41) is 3.98. The smallest absolute Gasteiger partial charge is 0.321 e. The third-order valence-electron chi connectivity index (χ3n) is 3.52. The van der Waals surface area contributed by atoms with Crippen molar-refractivity contribution in [1.29, 1.82) is 0 Å². The summed E-state index contributed by atoms with van der Waals surface area (Å²) in [6, 6.07) is 0. The zero-order chi connectivity index (χ0) is 15.0. The van der Waals surface area contributed by atoms with Gasteiger partial charge in [-0.25, -0.2) is 0 Å². The van der Waals surface area contributed by atoms with Crippen LogP contribution < -0.4 is 0 Å². The van der Waals surface area contributed by atoms with Crippen LogP contribution in [0.4, 0.5) is 0 Å². The van der Waals surface area contributed by atoms with E-state index >= 15 is 0 Å². The van der Waals surface area contributed by atoms with E-state index < -0.39 is 5.41 Å². The van der Waals surface area contributed by atoms with Gasteiger partial charge in [0.1, 0.15) is 11.5 Å². The molecule has 1 atom stereocenters. The van der Waals surface area contributed by atoms with E-state index in [1.807, 2.05) is 20.8 Å². The van der Waals surface area contributed by atoms with Gasteiger partial charge in [0, 0.05) is 7.11 Å². The molecule has 1 unspecified atom stereocenters. The topological polar surface area (TPSA) is 74.5 Å². The molecule has 0 N–H and O–H groups in total. The number of hydrogen-bond acceptors (Lipinski definition) is 6. The third-order valence-corrected chi connectivity index (χ3v) is 3.52. The molecule has 6 nitrogen and oxygen atoms in total. The Morgan fingerprint density at radius 2 is 2.10 bits per heavy atom. The van der Waals surface area contributed by atoms with Gasteiger partial charge in [-0.1, -0.05) is 25.9 Å². The van der Waals surface area contributed by atoms with Crippen molar-refractivity contribution in [2.75, 3.05) is 13.7 Å². The molecule has 0 bridgehead atoms. The molecule has 1 fully saturated rings. The van der Waals surface area contributed by atoms with Crippen molar-refractivity contribution in [2.45, 2.75) is 52.1 Å². The molecule has 1 aromatic rings. The number of methoxy groups -OCH3 is 1. The lowest BCUT2D eigenvalue weighted by atomic mass is 9.88. The lowest BCUT2D eigenvalue weighted by Crippen LogP contribution is -2.24. The van der Waals surface area contributed by atoms with Crippen molar-refractivity contribution in [3.8, 4) is 0 Å². The molecule has 0 saturated heterocycles. The highest BCUT2D eigenvalue weighted by atomic mass is 16.5. The molecule has 1 saturated carbocycles. The predicted molar refractivity (Wildman–Crippen MR) is 71.0 cm³/mol. The Balaban J connectivity index is 2.23. The molecule has 2 rings (SSSR count). The van der Waals surface area contributed by atoms with E-state index in [4.69, 9.17) is 14.0 Å². The molecule has 20 heavy (non-hydrogen) atoms. The van der Waals surface area contributed by atoms with Gasteiger partial charge in [0.15, 0.2) is 0 Å². The van der Waals surface area contributed by atoms with Crippen molar-refractivity contribution in [3.63, 3.8) is 0 Å². The summed E-state index contributed by atoms with van der Waals surface area (Å²) in [7, 11) is 1.62. The summed E-state index contributed by atoms with van der Waals surface area (Å²) in [5.74, 6) is 0.544. The Bertz CT molecular complexity index is 486. The van der Waals surface area contributed by atoms with Crippen LogP contribution >= 0.6 is 0 Å². The van der Waals surface area contributed by atoms with Gasteiger partial charge in [0.25, 0.3) is 0 Å². The van der Waals surface area contributed by atoms with Gasteiger partial charge in [-0.05, 0) is 25.2 Å². The van der Waals surface area contributed by atoms with Gasteiger partial charge >= 0.3 is 5.97 Å². The fourth-order valence-corrected chi connectivity index (χ4v) is 2.28. The van der Waals surface area contributed by atoms with Gasteiger partial charge < -0.3 is 14.0 Å². The number of nitrogens with zero attached hydrogens (tertiary/aromatic N) is 2. The highest BCUT2D eigenvalue weighted by Crippen LogP contribution is 2.49. The second kappa shape index (κ2) is 5.16. The van der Waals surface area contributed by atoms with E-state index in [1.165, 1.54) is 0 Å². The lowest BCUT2D eigenvalue weighted by Gasteiger charge is -2.26. The number of rotatable bonds is 5. The van der Waals surface area contributed by atoms with Crippen LogP contribution in [0.1, 0.15) is 58.4 Å². The standard InChI is InChI=1S/C14H22N2O4/c1-6-19-12(17)14(7-8-14)11-15-10(16-20-11)9(18-5)13(2,3)4/h9H,6-8H2,1-5H3. The highest BCUT2D eigenvalue weighted by molar-refractivity contribution is 5.85. The zero-order valence-corrected chi connectivity index (χ0v) is 12.7. The summed E-state index contributed by atoms with van der Waals surface area (Å²) >= 11 is 0. The number of aromatic nitrogens is 2. The van der Waals surface area contributed by atoms with Crippen molar-refractivity contribution >= 4 is 5.97 Å². The molecule has 1 heterocycles. The molecule has 1 aliphatic carbocycles. The third kappa shape index (κ3) is 2.57. The molecule has 1 aliphatic rings. The van der Waals surface area contributed by atoms with Crippen LogP contribution in [0.15, 0.2) is 4.52 Å². The first-order chi connectivity index (χ1) is 9.35. The number of carbonyl (C=O) groups excluding carboxylic acids is 1. The van der Waals surface area contributed by atoms with Crippen molar-refractivity contribution in [1.82, 2.24) is 10.1 Å². The quantitative estimate of drug-likeness (QED) is 0.772. The summed E-state index contributed by atoms with van der Waals surface area (Å²) in [6.45, 7) is 8.25. The van der Waals surface area contributed by atoms with Gasteiger partial charge in [-0.2, -0.15) is 4.98 Å². The van der Waals surface area contributed by atoms with Crippen LogP contribution in [-0.2, 0) is 19.7 Å². The van der Waals surface area contributed by atoms with E-state index in [0.717, 1.165) is 0 Å². The Morgan fingerprint density at radius 1 is 1.45 bits per heavy atom. The average molecular weight is 282 g/mol. The zero-order valence-electron chi connectivity index (χ0n) is 12.7. The van der Waals surface area contributed by atoms with Crippen molar-refractivity contribution < 1.29 is 18.8 Å². The van der Waals surface area contributed by atoms with Gasteiger partial charge in [-0.3, -0.25) is 4.79 Å². The molecule has 0 aliphatic heterocycles. The summed E-state index contributed by atoms with van der Waals surface area (Å²) in [4.78, 5) is 16.4. The van der Waals surface area contributed by atoms with E-state index in [1.54, 1.807) is 14.0 Å². The highest BCUT2D eigenvalue weighted by Gasteiger charge is 2.58. The molecule has 1 aromatic heterocycles. The Morgan fingerprint density at radius 3 is 2.55 bits per heavy atom. The lowest BCUT2D eigenvalue weighted by molar-refractivity contribution is -0.146. The van der Waals surface area contributed by atoms with Crippen molar-refractivity contribution in [2.24, 2.45) is 5.41 Å². The molecule has 112 valence electrons. The van der Waals surface area contributed by atoms with Gasteiger partial charge in [-0.15, -0.1) is 0 Å². The summed E-state index contributed by atoms with van der Waals surface area (Å²) < 4.78 is 15.8. The maximum absolute atomic E-state index is 12.0. The van der Waals surface area contributed by atoms with Crippen LogP contribution in [0.5, 0.6) is 0 Å². The molecular formula is C14H22N2O4. The summed E-state index contributed by atoms with van der Waals surface area (Å²) in [5.41, 5.74) is -0.881. The van der Waals surface area contributed by atoms with E-state index in [-0.39, 0.29) is 17.5 Å². The van der Waals surface area contributed by atoms with E-state index in [0.29, 0.717) is 31.2 Å². The number of carbonyl (C=O) groups is 1. The Hall–Kier alpha value is -1.43. The van der Waals surface area contributed by atoms with Gasteiger partial charge in [0.2, 0.25) is 11.7 Å². The molecule has 0 aromatic carbocycles. The molecule has 6 heteroatoms. The van der Waals surface area contributed by atoms with Crippen LogP contribution in [0, 0.1) is 5.41 Å². The van der Waals surface area contributed by atoms with Crippen LogP contribution in [-0.4, -0.2) is 29.8 Å². The number of ether oxygens (including phenoxy) is 2. The maximum Gasteiger partial charge on any atom is 0.321 e. The predicted octanol–water partition coefficient (Wildman–Crippen LogP) is 2.40. The maximum atomic E-state index is 12.0. The Kier molecular flexibility index (Phi) is 3.86. The minimum atomic E-state index is -0.725. The Labute approximate surface area is 118 Å². The van der Waals surface area contributed by atoms with Crippen LogP contribution in [0.2, 0.25) is 0 Å². The minimum absolute atomic E-state index is 0.156. The van der Waals surface area contributed by atoms with Crippen LogP contribution in [0.3, 0.4) is 0 Å². The second-order valence-corrected chi connectivity index (χ2v) is 6.24. The van der Waals surface area contributed by atoms with E-state index in [9.17, 15) is 4.79 Å². The van der Waals surface area contributed by atoms with Crippen LogP contribution in [0.25, 0.3) is 0 Å². The average Bonchev–Trinajstić information content (AvgIpc) is 3.03. The normalized spacial score (nSPS) is 18.6. The van der Waals surface area contributed by atoms with Gasteiger partial charge in [0.05, 0.1) is 6.61 Å². The summed E-state index contributed by atoms with van der Waals surface area (Å²) in [6.07, 6.45) is 1.11. The second-order valence-electron chi connectivity index (χ2n) is 6.24. The fourth-order valence-electron chi connectivity index (χ4n) is 2.28. The molecule has 0 amide bonds. The van der Waals surface area contributed by atoms with E-state index in [2.05, 4.69) is 10.1 Å². The first-order valence-corrected chi connectivity index (χ1v) is 6.89. The fraction of sp³-hybridized carbons (Fsp3) is 0.786. The first-order valence-electron chi connectivity index (χ1n) is 6.89. The molecular weight excluding hydrogens is 260 g/mol. The molecule has 0 spiro atoms. The first kappa shape index (κ1) is 15.0. The largest absolute Gasteiger partial charge is 0.465 e. The van der Waals surface area contributed by atoms with Crippen molar-refractivity contribution in [3.05, 3.63) is 11.7 Å². The number of hydrogen-bond donors (Lipinski definition) is 0. The molecule has 0 radical (unpaired) electrons. The SMILES string of the molecule is CCOC(=O)C1(c2nc(C(OC)C(C)(C)C)no2)CC1.